The smallest absolute Gasteiger partial charge is 0.387 e. The zero-order chi connectivity index (χ0) is 26.7. The van der Waals surface area contributed by atoms with Gasteiger partial charge in [-0.1, -0.05) is 12.1 Å². The number of aliphatic hydroxyl groups is 1. The lowest BCUT2D eigenvalue weighted by Gasteiger charge is -2.23. The van der Waals surface area contributed by atoms with Crippen molar-refractivity contribution in [3.8, 4) is 17.0 Å². The second-order valence-corrected chi connectivity index (χ2v) is 9.19. The van der Waals surface area contributed by atoms with Gasteiger partial charge in [-0.25, -0.2) is 19.3 Å². The van der Waals surface area contributed by atoms with Crippen LogP contribution in [0.25, 0.3) is 22.3 Å². The van der Waals surface area contributed by atoms with E-state index in [1.54, 1.807) is 0 Å². The highest BCUT2D eigenvalue weighted by Crippen LogP contribution is 2.49. The highest BCUT2D eigenvalue weighted by molar-refractivity contribution is 6.00. The summed E-state index contributed by atoms with van der Waals surface area (Å²) < 4.78 is 48.8. The summed E-state index contributed by atoms with van der Waals surface area (Å²) in [4.78, 5) is 38.4. The lowest BCUT2D eigenvalue weighted by Crippen LogP contribution is -2.28. The summed E-state index contributed by atoms with van der Waals surface area (Å²) >= 11 is 0. The molecular formula is C26H20F3N5O4. The average Bonchev–Trinajstić information content (AvgIpc) is 3.38. The Morgan fingerprint density at radius 2 is 2.05 bits per heavy atom. The number of hydrogen-bond acceptors (Lipinski definition) is 7. The van der Waals surface area contributed by atoms with Crippen LogP contribution in [0.5, 0.6) is 5.75 Å². The van der Waals surface area contributed by atoms with Crippen LogP contribution in [-0.2, 0) is 11.2 Å². The van der Waals surface area contributed by atoms with Crippen molar-refractivity contribution in [1.29, 1.82) is 0 Å². The maximum Gasteiger partial charge on any atom is 0.387 e. The number of hydrogen-bond donors (Lipinski definition) is 2. The van der Waals surface area contributed by atoms with Gasteiger partial charge in [-0.2, -0.15) is 8.78 Å². The Labute approximate surface area is 213 Å². The molecule has 4 aromatic rings. The number of carbonyl (C=O) groups excluding carboxylic acids is 2. The lowest BCUT2D eigenvalue weighted by atomic mass is 9.90. The molecule has 4 heterocycles. The van der Waals surface area contributed by atoms with Crippen LogP contribution in [0.4, 0.5) is 13.2 Å². The average molecular weight is 523 g/mol. The van der Waals surface area contributed by atoms with E-state index in [-0.39, 0.29) is 34.6 Å². The number of halogens is 3. The predicted molar refractivity (Wildman–Crippen MR) is 127 cm³/mol. The maximum atomic E-state index is 16.0. The molecule has 2 aliphatic rings. The number of Topliss-reactive ketones (excluding diaryl/α,β-unsaturated/α-hetero) is 1. The summed E-state index contributed by atoms with van der Waals surface area (Å²) in [6.45, 7) is -2.03. The Balaban J connectivity index is 1.61. The third kappa shape index (κ3) is 3.79. The second kappa shape index (κ2) is 8.91. The summed E-state index contributed by atoms with van der Waals surface area (Å²) in [5.41, 5.74) is 1.42. The zero-order valence-electron chi connectivity index (χ0n) is 19.9. The lowest BCUT2D eigenvalue weighted by molar-refractivity contribution is -0.125. The molecule has 3 atom stereocenters. The molecule has 0 fully saturated rings. The van der Waals surface area contributed by atoms with Crippen LogP contribution in [0, 0.1) is 5.82 Å². The van der Waals surface area contributed by atoms with Crippen molar-refractivity contribution < 1.29 is 32.6 Å². The summed E-state index contributed by atoms with van der Waals surface area (Å²) in [7, 11) is 0. The first-order valence-corrected chi connectivity index (χ1v) is 11.8. The van der Waals surface area contributed by atoms with E-state index < -0.39 is 48.1 Å². The third-order valence-electron chi connectivity index (χ3n) is 6.84. The van der Waals surface area contributed by atoms with E-state index in [9.17, 15) is 23.5 Å². The van der Waals surface area contributed by atoms with Crippen LogP contribution < -0.4 is 10.1 Å². The molecule has 1 amide bonds. The van der Waals surface area contributed by atoms with Crippen molar-refractivity contribution in [2.45, 2.75) is 44.6 Å². The van der Waals surface area contributed by atoms with Crippen molar-refractivity contribution in [1.82, 2.24) is 24.8 Å². The molecule has 2 bridgehead atoms. The minimum atomic E-state index is -3.34. The predicted octanol–water partition coefficient (Wildman–Crippen LogP) is 3.50. The number of amides is 1. The highest BCUT2D eigenvalue weighted by atomic mass is 19.3. The molecule has 0 radical (unpaired) electrons. The number of rotatable bonds is 6. The number of nitrogens with zero attached hydrogens (tertiary/aromatic N) is 4. The molecule has 0 saturated heterocycles. The van der Waals surface area contributed by atoms with Gasteiger partial charge < -0.3 is 19.7 Å². The first-order valence-electron chi connectivity index (χ1n) is 11.8. The summed E-state index contributed by atoms with van der Waals surface area (Å²) in [5, 5.41) is 12.5. The summed E-state index contributed by atoms with van der Waals surface area (Å²) in [6, 6.07) is 8.62. The number of ketones is 1. The van der Waals surface area contributed by atoms with Crippen molar-refractivity contribution in [2.24, 2.45) is 0 Å². The number of ether oxygens (including phenoxy) is 1. The standard InChI is InChI=1S/C26H20F3N5O4/c1-11(35)18(36)10-20-30-7-6-14(31-20)22-21-12(8-19(23(22)27)38-26(28)29)25(37)33-15-9-17(21)34-16-5-3-2-4-13(16)32-24(15)34/h2-8,11,15,17,26,35H,9-10H2,1H3,(H,33,37)/t11?,15-,17-/m1/s1. The van der Waals surface area contributed by atoms with Crippen LogP contribution in [0.1, 0.15) is 53.0 Å². The van der Waals surface area contributed by atoms with Crippen molar-refractivity contribution in [3.05, 3.63) is 71.2 Å². The largest absolute Gasteiger partial charge is 0.432 e. The Morgan fingerprint density at radius 3 is 2.82 bits per heavy atom. The van der Waals surface area contributed by atoms with Crippen molar-refractivity contribution in [3.63, 3.8) is 0 Å². The van der Waals surface area contributed by atoms with Gasteiger partial charge >= 0.3 is 6.61 Å². The molecule has 6 rings (SSSR count). The minimum absolute atomic E-state index is 0.00197. The summed E-state index contributed by atoms with van der Waals surface area (Å²) in [6.07, 6.45) is 0.0627. The quantitative estimate of drug-likeness (QED) is 0.397. The molecule has 2 N–H and O–H groups in total. The number of nitrogens with one attached hydrogen (secondary N) is 1. The van der Waals surface area contributed by atoms with Crippen LogP contribution in [0.2, 0.25) is 0 Å². The molecule has 2 aromatic carbocycles. The van der Waals surface area contributed by atoms with Crippen molar-refractivity contribution in [2.75, 3.05) is 0 Å². The van der Waals surface area contributed by atoms with E-state index in [4.69, 9.17) is 0 Å². The number of para-hydroxylation sites is 2. The molecule has 194 valence electrons. The number of fused-ring (bicyclic) bond motifs is 9. The number of carbonyl (C=O) groups is 2. The van der Waals surface area contributed by atoms with E-state index in [2.05, 4.69) is 25.0 Å². The minimum Gasteiger partial charge on any atom is -0.432 e. The molecule has 2 aliphatic heterocycles. The van der Waals surface area contributed by atoms with Gasteiger partial charge in [-0.3, -0.25) is 9.59 Å². The molecule has 12 heteroatoms. The van der Waals surface area contributed by atoms with E-state index in [0.717, 1.165) is 11.6 Å². The Hall–Kier alpha value is -4.32. The number of aromatic nitrogens is 4. The van der Waals surface area contributed by atoms with Crippen LogP contribution in [0.15, 0.2) is 42.6 Å². The Morgan fingerprint density at radius 1 is 1.26 bits per heavy atom. The van der Waals surface area contributed by atoms with Gasteiger partial charge in [0.1, 0.15) is 17.8 Å². The van der Waals surface area contributed by atoms with Gasteiger partial charge in [0.25, 0.3) is 5.91 Å². The first-order chi connectivity index (χ1) is 18.2. The van der Waals surface area contributed by atoms with Crippen LogP contribution in [0.3, 0.4) is 0 Å². The van der Waals surface area contributed by atoms with E-state index in [0.29, 0.717) is 17.8 Å². The molecule has 0 aliphatic carbocycles. The molecule has 1 unspecified atom stereocenters. The van der Waals surface area contributed by atoms with Gasteiger partial charge in [0.2, 0.25) is 0 Å². The summed E-state index contributed by atoms with van der Waals surface area (Å²) in [5.74, 6) is -2.48. The van der Waals surface area contributed by atoms with Gasteiger partial charge in [0, 0.05) is 22.9 Å². The van der Waals surface area contributed by atoms with Gasteiger partial charge in [0.15, 0.2) is 17.3 Å². The number of aliphatic hydroxyl groups excluding tert-OH is 1. The third-order valence-corrected chi connectivity index (χ3v) is 6.84. The number of imidazole rings is 1. The topological polar surface area (TPSA) is 119 Å². The zero-order valence-corrected chi connectivity index (χ0v) is 19.9. The van der Waals surface area contributed by atoms with Gasteiger partial charge in [-0.05, 0) is 37.6 Å². The Kier molecular flexibility index (Phi) is 5.64. The fourth-order valence-corrected chi connectivity index (χ4v) is 5.22. The first kappa shape index (κ1) is 24.0. The van der Waals surface area contributed by atoms with E-state index in [1.807, 2.05) is 28.8 Å². The number of benzene rings is 2. The van der Waals surface area contributed by atoms with E-state index >= 15 is 4.39 Å². The van der Waals surface area contributed by atoms with Crippen LogP contribution in [-0.4, -0.2) is 49.0 Å². The fraction of sp³-hybridized carbons (Fsp3) is 0.269. The molecule has 2 aromatic heterocycles. The Bertz CT molecular complexity index is 1620. The monoisotopic (exact) mass is 523 g/mol. The molecular weight excluding hydrogens is 503 g/mol. The van der Waals surface area contributed by atoms with Crippen molar-refractivity contribution >= 4 is 22.7 Å². The highest BCUT2D eigenvalue weighted by Gasteiger charge is 2.43. The van der Waals surface area contributed by atoms with Crippen LogP contribution >= 0.6 is 0 Å². The molecule has 0 saturated carbocycles. The number of alkyl halides is 2. The SMILES string of the molecule is CC(O)C(=O)Cc1nccc(-c2c(F)c(OC(F)F)cc3c2[C@H]2C[C@@H](NC3=O)c3nc4ccccc4n32)n1. The fourth-order valence-electron chi connectivity index (χ4n) is 5.22. The van der Waals surface area contributed by atoms with Gasteiger partial charge in [-0.15, -0.1) is 0 Å². The maximum absolute atomic E-state index is 16.0. The molecule has 38 heavy (non-hydrogen) atoms. The van der Waals surface area contributed by atoms with Gasteiger partial charge in [0.05, 0.1) is 35.2 Å². The second-order valence-electron chi connectivity index (χ2n) is 9.19. The van der Waals surface area contributed by atoms with E-state index in [1.165, 1.54) is 19.2 Å². The molecule has 0 spiro atoms. The normalized spacial score (nSPS) is 18.6. The molecule has 9 nitrogen and oxygen atoms in total.